The van der Waals surface area contributed by atoms with Crippen LogP contribution in [-0.4, -0.2) is 9.89 Å². The van der Waals surface area contributed by atoms with E-state index in [1.807, 2.05) is 0 Å². The minimum Gasteiger partial charge on any atom is -0.323 e. The van der Waals surface area contributed by atoms with Crippen molar-refractivity contribution in [2.75, 3.05) is 5.84 Å². The van der Waals surface area contributed by atoms with Gasteiger partial charge in [-0.2, -0.15) is 18.0 Å². The lowest BCUT2D eigenvalue weighted by molar-refractivity contribution is -0.142. The normalized spacial score (nSPS) is 12.1. The Morgan fingerprint density at radius 1 is 1.50 bits per heavy atom. The molecular weight excluding hydrogens is 239 g/mol. The first kappa shape index (κ1) is 9.37. The Bertz CT molecular complexity index is 304. The monoisotopic (exact) mass is 243 g/mol. The molecular formula is C5H5BrF3N3. The van der Waals surface area contributed by atoms with Crippen molar-refractivity contribution in [1.29, 1.82) is 0 Å². The Hall–Kier alpha value is -0.720. The van der Waals surface area contributed by atoms with Crippen LogP contribution in [0.4, 0.5) is 13.2 Å². The molecule has 0 fully saturated rings. The first-order valence-electron chi connectivity index (χ1n) is 2.91. The molecule has 12 heavy (non-hydrogen) atoms. The lowest BCUT2D eigenvalue weighted by Crippen LogP contribution is -2.14. The van der Waals surface area contributed by atoms with Gasteiger partial charge in [0.05, 0.1) is 10.2 Å². The highest BCUT2D eigenvalue weighted by Crippen LogP contribution is 2.34. The maximum atomic E-state index is 12.1. The van der Waals surface area contributed by atoms with Crippen molar-refractivity contribution in [3.05, 3.63) is 15.9 Å². The molecule has 0 aliphatic heterocycles. The van der Waals surface area contributed by atoms with Crippen LogP contribution < -0.4 is 5.84 Å². The predicted octanol–water partition coefficient (Wildman–Crippen LogP) is 1.69. The fourth-order valence-corrected chi connectivity index (χ4v) is 1.17. The molecule has 0 radical (unpaired) electrons. The minimum atomic E-state index is -4.46. The molecule has 0 aliphatic rings. The largest absolute Gasteiger partial charge is 0.436 e. The number of rotatable bonds is 0. The lowest BCUT2D eigenvalue weighted by Gasteiger charge is -2.00. The van der Waals surface area contributed by atoms with Crippen molar-refractivity contribution in [3.63, 3.8) is 0 Å². The summed E-state index contributed by atoms with van der Waals surface area (Å²) in [7, 11) is 0. The van der Waals surface area contributed by atoms with Gasteiger partial charge < -0.3 is 5.84 Å². The van der Waals surface area contributed by atoms with Crippen LogP contribution in [-0.2, 0) is 6.18 Å². The second-order valence-corrected chi connectivity index (χ2v) is 2.98. The van der Waals surface area contributed by atoms with Crippen LogP contribution in [0.3, 0.4) is 0 Å². The zero-order valence-corrected chi connectivity index (χ0v) is 7.57. The fraction of sp³-hybridized carbons (Fsp3) is 0.400. The number of hydrogen-bond acceptors (Lipinski definition) is 2. The number of nitrogens with zero attached hydrogens (tertiary/aromatic N) is 2. The molecule has 0 aromatic carbocycles. The molecule has 1 rings (SSSR count). The van der Waals surface area contributed by atoms with Crippen LogP contribution in [0.2, 0.25) is 0 Å². The van der Waals surface area contributed by atoms with Crippen LogP contribution in [0, 0.1) is 6.92 Å². The molecule has 7 heteroatoms. The van der Waals surface area contributed by atoms with Gasteiger partial charge in [-0.1, -0.05) is 0 Å². The number of hydrogen-bond donors (Lipinski definition) is 1. The molecule has 2 N–H and O–H groups in total. The van der Waals surface area contributed by atoms with Gasteiger partial charge >= 0.3 is 6.18 Å². The topological polar surface area (TPSA) is 43.8 Å². The summed E-state index contributed by atoms with van der Waals surface area (Å²) in [6.07, 6.45) is -4.46. The van der Waals surface area contributed by atoms with Crippen LogP contribution in [0.25, 0.3) is 0 Å². The summed E-state index contributed by atoms with van der Waals surface area (Å²) < 4.78 is 36.1. The number of alkyl halides is 3. The van der Waals surface area contributed by atoms with Crippen LogP contribution >= 0.6 is 15.9 Å². The van der Waals surface area contributed by atoms with Crippen molar-refractivity contribution >= 4 is 15.9 Å². The van der Waals surface area contributed by atoms with E-state index in [0.29, 0.717) is 4.79 Å². The summed E-state index contributed by atoms with van der Waals surface area (Å²) in [4.78, 5) is 0.687. The zero-order chi connectivity index (χ0) is 9.52. The van der Waals surface area contributed by atoms with E-state index >= 15 is 0 Å². The van der Waals surface area contributed by atoms with Crippen molar-refractivity contribution < 1.29 is 13.2 Å². The SMILES string of the molecule is Cc1c(Br)c(C(F)(F)F)nn1N. The molecule has 0 atom stereocenters. The quantitative estimate of drug-likeness (QED) is 0.705. The zero-order valence-electron chi connectivity index (χ0n) is 5.98. The first-order valence-corrected chi connectivity index (χ1v) is 3.70. The third-order valence-electron chi connectivity index (χ3n) is 1.35. The van der Waals surface area contributed by atoms with Gasteiger partial charge in [-0.25, -0.2) is 0 Å². The van der Waals surface area contributed by atoms with Crippen LogP contribution in [0.5, 0.6) is 0 Å². The molecule has 68 valence electrons. The van der Waals surface area contributed by atoms with E-state index in [-0.39, 0.29) is 10.2 Å². The molecule has 0 aliphatic carbocycles. The smallest absolute Gasteiger partial charge is 0.323 e. The van der Waals surface area contributed by atoms with E-state index < -0.39 is 11.9 Å². The van der Waals surface area contributed by atoms with Gasteiger partial charge in [0.25, 0.3) is 0 Å². The van der Waals surface area contributed by atoms with Gasteiger partial charge in [-0.15, -0.1) is 5.10 Å². The van der Waals surface area contributed by atoms with Crippen molar-refractivity contribution in [2.24, 2.45) is 0 Å². The molecule has 0 saturated carbocycles. The van der Waals surface area contributed by atoms with E-state index in [4.69, 9.17) is 5.84 Å². The van der Waals surface area contributed by atoms with Crippen LogP contribution in [0.15, 0.2) is 4.47 Å². The highest BCUT2D eigenvalue weighted by atomic mass is 79.9. The summed E-state index contributed by atoms with van der Waals surface area (Å²) in [5.41, 5.74) is -0.759. The van der Waals surface area contributed by atoms with Gasteiger partial charge in [-0.3, -0.25) is 0 Å². The summed E-state index contributed by atoms with van der Waals surface area (Å²) in [5.74, 6) is 5.11. The highest BCUT2D eigenvalue weighted by molar-refractivity contribution is 9.10. The third-order valence-corrected chi connectivity index (χ3v) is 2.29. The molecule has 0 unspecified atom stereocenters. The summed E-state index contributed by atoms with van der Waals surface area (Å²) >= 11 is 2.75. The van der Waals surface area contributed by atoms with Crippen LogP contribution in [0.1, 0.15) is 11.4 Å². The average molecular weight is 244 g/mol. The predicted molar refractivity (Wildman–Crippen MR) is 39.8 cm³/mol. The molecule has 1 heterocycles. The third kappa shape index (κ3) is 1.40. The first-order chi connectivity index (χ1) is 5.34. The van der Waals surface area contributed by atoms with Gasteiger partial charge in [0.15, 0.2) is 5.69 Å². The highest BCUT2D eigenvalue weighted by Gasteiger charge is 2.37. The van der Waals surface area contributed by atoms with E-state index in [9.17, 15) is 13.2 Å². The Kier molecular flexibility index (Phi) is 2.07. The molecule has 0 bridgehead atoms. The van der Waals surface area contributed by atoms with E-state index in [1.54, 1.807) is 0 Å². The van der Waals surface area contributed by atoms with Crippen molar-refractivity contribution in [1.82, 2.24) is 9.89 Å². The Morgan fingerprint density at radius 3 is 2.17 bits per heavy atom. The molecule has 3 nitrogen and oxygen atoms in total. The maximum absolute atomic E-state index is 12.1. The standard InChI is InChI=1S/C5H5BrF3N3/c1-2-3(6)4(5(7,8)9)11-12(2)10/h10H2,1H3. The number of halogens is 4. The van der Waals surface area contributed by atoms with Gasteiger partial charge in [0.1, 0.15) is 0 Å². The summed E-state index contributed by atoms with van der Waals surface area (Å²) in [6.45, 7) is 1.44. The Morgan fingerprint density at radius 2 is 2.00 bits per heavy atom. The summed E-state index contributed by atoms with van der Waals surface area (Å²) in [6, 6.07) is 0. The molecule has 1 aromatic heterocycles. The van der Waals surface area contributed by atoms with Gasteiger partial charge in [-0.05, 0) is 22.9 Å². The van der Waals surface area contributed by atoms with E-state index in [0.717, 1.165) is 0 Å². The minimum absolute atomic E-state index is 0.113. The number of aromatic nitrogens is 2. The molecule has 0 amide bonds. The van der Waals surface area contributed by atoms with Crippen molar-refractivity contribution in [2.45, 2.75) is 13.1 Å². The number of nitrogen functional groups attached to an aromatic ring is 1. The van der Waals surface area contributed by atoms with Gasteiger partial charge in [0.2, 0.25) is 0 Å². The second-order valence-electron chi connectivity index (χ2n) is 2.19. The van der Waals surface area contributed by atoms with Crippen molar-refractivity contribution in [3.8, 4) is 0 Å². The average Bonchev–Trinajstić information content (AvgIpc) is 2.15. The fourth-order valence-electron chi connectivity index (χ4n) is 0.680. The Balaban J connectivity index is 3.28. The lowest BCUT2D eigenvalue weighted by atomic mass is 10.4. The summed E-state index contributed by atoms with van der Waals surface area (Å²) in [5, 5.41) is 3.10. The number of nitrogens with two attached hydrogens (primary N) is 1. The maximum Gasteiger partial charge on any atom is 0.436 e. The molecule has 1 aromatic rings. The van der Waals surface area contributed by atoms with Gasteiger partial charge in [0, 0.05) is 0 Å². The Labute approximate surface area is 74.4 Å². The second kappa shape index (κ2) is 2.65. The van der Waals surface area contributed by atoms with E-state index in [2.05, 4.69) is 21.0 Å². The van der Waals surface area contributed by atoms with E-state index in [1.165, 1.54) is 6.92 Å². The molecule has 0 spiro atoms. The molecule has 0 saturated heterocycles.